The van der Waals surface area contributed by atoms with Crippen molar-refractivity contribution in [3.8, 4) is 5.75 Å². The number of fused-ring (bicyclic) bond motifs is 1. The van der Waals surface area contributed by atoms with Crippen LogP contribution in [-0.4, -0.2) is 12.5 Å². The van der Waals surface area contributed by atoms with Crippen LogP contribution in [0.3, 0.4) is 0 Å². The lowest BCUT2D eigenvalue weighted by Gasteiger charge is -2.30. The van der Waals surface area contributed by atoms with E-state index in [9.17, 15) is 4.79 Å². The van der Waals surface area contributed by atoms with Gasteiger partial charge in [0.1, 0.15) is 0 Å². The number of rotatable bonds is 3. The second kappa shape index (κ2) is 6.34. The molecule has 4 nitrogen and oxygen atoms in total. The molecule has 2 aromatic rings. The second-order valence-corrected chi connectivity index (χ2v) is 5.78. The third-order valence-electron chi connectivity index (χ3n) is 3.56. The molecule has 2 aromatic carbocycles. The van der Waals surface area contributed by atoms with Crippen molar-refractivity contribution in [3.05, 3.63) is 58.8 Å². The van der Waals surface area contributed by atoms with Crippen molar-refractivity contribution in [1.82, 2.24) is 0 Å². The Morgan fingerprint density at radius 3 is 2.65 bits per heavy atom. The number of anilines is 2. The standard InChI is InChI=1S/C18H17ClN2O2/c1-2-9-21-15-11-14(20)7-8-16(15)23-17(18(21)22)10-12-3-5-13(19)6-4-12/h3-8,10-11H,2,9,20H2,1H3/b17-10+. The molecular formula is C18H17ClN2O2. The summed E-state index contributed by atoms with van der Waals surface area (Å²) in [5.41, 5.74) is 8.01. The van der Waals surface area contributed by atoms with E-state index >= 15 is 0 Å². The second-order valence-electron chi connectivity index (χ2n) is 5.35. The summed E-state index contributed by atoms with van der Waals surface area (Å²) in [7, 11) is 0. The number of benzene rings is 2. The predicted octanol–water partition coefficient (Wildman–Crippen LogP) is 4.10. The molecule has 5 heteroatoms. The number of hydrogen-bond donors (Lipinski definition) is 1. The van der Waals surface area contributed by atoms with Crippen LogP contribution < -0.4 is 15.4 Å². The summed E-state index contributed by atoms with van der Waals surface area (Å²) < 4.78 is 5.79. The van der Waals surface area contributed by atoms with Gasteiger partial charge < -0.3 is 15.4 Å². The lowest BCUT2D eigenvalue weighted by atomic mass is 10.1. The fourth-order valence-electron chi connectivity index (χ4n) is 2.48. The fourth-order valence-corrected chi connectivity index (χ4v) is 2.61. The Morgan fingerprint density at radius 1 is 1.22 bits per heavy atom. The molecule has 2 N–H and O–H groups in total. The van der Waals surface area contributed by atoms with Gasteiger partial charge in [-0.05, 0) is 48.4 Å². The number of nitrogens with two attached hydrogens (primary N) is 1. The number of nitrogens with zero attached hydrogens (tertiary/aromatic N) is 1. The quantitative estimate of drug-likeness (QED) is 0.681. The van der Waals surface area contributed by atoms with Crippen LogP contribution in [0, 0.1) is 0 Å². The van der Waals surface area contributed by atoms with Crippen LogP contribution >= 0.6 is 11.6 Å². The van der Waals surface area contributed by atoms with E-state index in [1.54, 1.807) is 41.3 Å². The zero-order valence-corrected chi connectivity index (χ0v) is 13.5. The van der Waals surface area contributed by atoms with Gasteiger partial charge in [-0.15, -0.1) is 0 Å². The topological polar surface area (TPSA) is 55.6 Å². The van der Waals surface area contributed by atoms with Gasteiger partial charge in [-0.3, -0.25) is 4.79 Å². The van der Waals surface area contributed by atoms with Crippen molar-refractivity contribution < 1.29 is 9.53 Å². The Kier molecular flexibility index (Phi) is 4.26. The zero-order chi connectivity index (χ0) is 16.4. The van der Waals surface area contributed by atoms with E-state index in [1.807, 2.05) is 19.1 Å². The van der Waals surface area contributed by atoms with Crippen LogP contribution in [-0.2, 0) is 4.79 Å². The number of carbonyl (C=O) groups excluding carboxylic acids is 1. The van der Waals surface area contributed by atoms with E-state index in [1.165, 1.54) is 0 Å². The largest absolute Gasteiger partial charge is 0.449 e. The summed E-state index contributed by atoms with van der Waals surface area (Å²) in [5, 5.41) is 0.650. The lowest BCUT2D eigenvalue weighted by Crippen LogP contribution is -2.37. The molecule has 23 heavy (non-hydrogen) atoms. The number of halogens is 1. The highest BCUT2D eigenvalue weighted by Crippen LogP contribution is 2.37. The SMILES string of the molecule is CCCN1C(=O)/C(=C\c2ccc(Cl)cc2)Oc2ccc(N)cc21. The maximum absolute atomic E-state index is 12.7. The third kappa shape index (κ3) is 3.17. The molecule has 118 valence electrons. The Morgan fingerprint density at radius 2 is 1.96 bits per heavy atom. The molecule has 0 atom stereocenters. The van der Waals surface area contributed by atoms with Gasteiger partial charge in [0.15, 0.2) is 11.5 Å². The Bertz CT molecular complexity index is 769. The van der Waals surface area contributed by atoms with Crippen LogP contribution in [0.2, 0.25) is 5.02 Å². The number of nitrogen functional groups attached to an aromatic ring is 1. The number of carbonyl (C=O) groups is 1. The number of hydrogen-bond acceptors (Lipinski definition) is 3. The van der Waals surface area contributed by atoms with E-state index in [-0.39, 0.29) is 11.7 Å². The maximum Gasteiger partial charge on any atom is 0.294 e. The van der Waals surface area contributed by atoms with Gasteiger partial charge >= 0.3 is 0 Å². The summed E-state index contributed by atoms with van der Waals surface area (Å²) in [6.07, 6.45) is 2.56. The summed E-state index contributed by atoms with van der Waals surface area (Å²) in [6, 6.07) is 12.6. The molecule has 0 radical (unpaired) electrons. The van der Waals surface area contributed by atoms with E-state index < -0.39 is 0 Å². The number of ether oxygens (including phenoxy) is 1. The molecule has 0 bridgehead atoms. The van der Waals surface area contributed by atoms with Crippen molar-refractivity contribution in [3.63, 3.8) is 0 Å². The molecule has 0 spiro atoms. The van der Waals surface area contributed by atoms with Gasteiger partial charge in [-0.2, -0.15) is 0 Å². The molecule has 0 saturated carbocycles. The van der Waals surface area contributed by atoms with Crippen LogP contribution in [0.4, 0.5) is 11.4 Å². The molecular weight excluding hydrogens is 312 g/mol. The molecule has 1 heterocycles. The zero-order valence-electron chi connectivity index (χ0n) is 12.8. The van der Waals surface area contributed by atoms with Crippen molar-refractivity contribution in [2.45, 2.75) is 13.3 Å². The highest BCUT2D eigenvalue weighted by atomic mass is 35.5. The average molecular weight is 329 g/mol. The van der Waals surface area contributed by atoms with Crippen LogP contribution in [0.5, 0.6) is 5.75 Å². The van der Waals surface area contributed by atoms with Crippen LogP contribution in [0.25, 0.3) is 6.08 Å². The van der Waals surface area contributed by atoms with Gasteiger partial charge in [-0.1, -0.05) is 30.7 Å². The van der Waals surface area contributed by atoms with Gasteiger partial charge in [0.2, 0.25) is 0 Å². The number of amides is 1. The summed E-state index contributed by atoms with van der Waals surface area (Å²) in [5.74, 6) is 0.755. The molecule has 0 aromatic heterocycles. The minimum Gasteiger partial charge on any atom is -0.449 e. The summed E-state index contributed by atoms with van der Waals surface area (Å²) in [4.78, 5) is 14.4. The normalized spacial score (nSPS) is 15.5. The van der Waals surface area contributed by atoms with Crippen molar-refractivity contribution in [2.24, 2.45) is 0 Å². The first kappa shape index (κ1) is 15.4. The van der Waals surface area contributed by atoms with Gasteiger partial charge in [0.05, 0.1) is 5.69 Å². The first-order valence-corrected chi connectivity index (χ1v) is 7.83. The highest BCUT2D eigenvalue weighted by Gasteiger charge is 2.29. The lowest BCUT2D eigenvalue weighted by molar-refractivity contribution is -0.117. The smallest absolute Gasteiger partial charge is 0.294 e. The van der Waals surface area contributed by atoms with Gasteiger partial charge in [-0.25, -0.2) is 0 Å². The highest BCUT2D eigenvalue weighted by molar-refractivity contribution is 6.30. The van der Waals surface area contributed by atoms with E-state index in [0.717, 1.165) is 12.0 Å². The molecule has 0 saturated heterocycles. The minimum atomic E-state index is -0.167. The van der Waals surface area contributed by atoms with Gasteiger partial charge in [0.25, 0.3) is 5.91 Å². The van der Waals surface area contributed by atoms with E-state index in [2.05, 4.69) is 0 Å². The first-order chi connectivity index (χ1) is 11.1. The first-order valence-electron chi connectivity index (χ1n) is 7.45. The molecule has 1 aliphatic rings. The van der Waals surface area contributed by atoms with Gasteiger partial charge in [0, 0.05) is 17.3 Å². The Labute approximate surface area is 140 Å². The molecule has 0 aliphatic carbocycles. The van der Waals surface area contributed by atoms with Crippen molar-refractivity contribution >= 4 is 35.0 Å². The summed E-state index contributed by atoms with van der Waals surface area (Å²) >= 11 is 5.89. The molecule has 1 amide bonds. The monoisotopic (exact) mass is 328 g/mol. The molecule has 3 rings (SSSR count). The summed E-state index contributed by atoms with van der Waals surface area (Å²) in [6.45, 7) is 2.63. The predicted molar refractivity (Wildman–Crippen MR) is 93.6 cm³/mol. The fraction of sp³-hybridized carbons (Fsp3) is 0.167. The Balaban J connectivity index is 2.02. The Hall–Kier alpha value is -2.46. The molecule has 0 fully saturated rings. The van der Waals surface area contributed by atoms with Crippen molar-refractivity contribution in [1.29, 1.82) is 0 Å². The molecule has 1 aliphatic heterocycles. The van der Waals surface area contributed by atoms with E-state index in [0.29, 0.717) is 28.7 Å². The van der Waals surface area contributed by atoms with E-state index in [4.69, 9.17) is 22.1 Å². The van der Waals surface area contributed by atoms with Crippen molar-refractivity contribution in [2.75, 3.05) is 17.2 Å². The average Bonchev–Trinajstić information content (AvgIpc) is 2.54. The van der Waals surface area contributed by atoms with Crippen LogP contribution in [0.15, 0.2) is 48.2 Å². The van der Waals surface area contributed by atoms with Crippen LogP contribution in [0.1, 0.15) is 18.9 Å². The third-order valence-corrected chi connectivity index (χ3v) is 3.82. The maximum atomic E-state index is 12.7. The minimum absolute atomic E-state index is 0.167. The molecule has 0 unspecified atom stereocenters.